The lowest BCUT2D eigenvalue weighted by Gasteiger charge is -2.13. The number of fused-ring (bicyclic) bond motifs is 1. The molecule has 0 fully saturated rings. The molecule has 7 heteroatoms. The number of hydrogen-bond acceptors (Lipinski definition) is 4. The number of carbonyl (C=O) groups is 1. The third kappa shape index (κ3) is 4.78. The number of ether oxygens (including phenoxy) is 1. The summed E-state index contributed by atoms with van der Waals surface area (Å²) >= 11 is 0. The van der Waals surface area contributed by atoms with Crippen molar-refractivity contribution < 1.29 is 13.9 Å². The van der Waals surface area contributed by atoms with Crippen molar-refractivity contribution in [1.82, 2.24) is 16.0 Å². The molecular formula is C19H24N4O3. The number of nitrogens with zero attached hydrogens (tertiary/aromatic N) is 1. The first-order chi connectivity index (χ1) is 12.8. The van der Waals surface area contributed by atoms with Gasteiger partial charge in [0.1, 0.15) is 11.9 Å². The summed E-state index contributed by atoms with van der Waals surface area (Å²) < 4.78 is 11.0. The van der Waals surface area contributed by atoms with Crippen molar-refractivity contribution in [3.63, 3.8) is 0 Å². The molecule has 0 aliphatic carbocycles. The average Bonchev–Trinajstić information content (AvgIpc) is 3.32. The molecule has 0 saturated heterocycles. The van der Waals surface area contributed by atoms with E-state index >= 15 is 0 Å². The Balaban J connectivity index is 1.42. The molecule has 138 valence electrons. The Labute approximate surface area is 152 Å². The Morgan fingerprint density at radius 2 is 2.00 bits per heavy atom. The van der Waals surface area contributed by atoms with Gasteiger partial charge in [0.15, 0.2) is 11.7 Å². The number of aliphatic imine (C=N–C) groups is 1. The Hall–Kier alpha value is -2.96. The highest BCUT2D eigenvalue weighted by atomic mass is 16.5. The second-order valence-corrected chi connectivity index (χ2v) is 5.93. The van der Waals surface area contributed by atoms with Crippen molar-refractivity contribution in [1.29, 1.82) is 0 Å². The van der Waals surface area contributed by atoms with Gasteiger partial charge in [-0.25, -0.2) is 4.99 Å². The summed E-state index contributed by atoms with van der Waals surface area (Å²) in [6.45, 7) is 4.37. The van der Waals surface area contributed by atoms with Gasteiger partial charge in [-0.15, -0.1) is 0 Å². The molecule has 3 rings (SSSR count). The highest BCUT2D eigenvalue weighted by molar-refractivity contribution is 5.91. The molecule has 2 aromatic rings. The lowest BCUT2D eigenvalue weighted by atomic mass is 10.1. The SMILES string of the molecule is CCNC(=NCC1Cc2ccccc2O1)NCCNC(=O)c1ccco1. The molecule has 7 nitrogen and oxygen atoms in total. The van der Waals surface area contributed by atoms with Gasteiger partial charge in [-0.2, -0.15) is 0 Å². The maximum atomic E-state index is 11.8. The van der Waals surface area contributed by atoms with Gasteiger partial charge in [-0.3, -0.25) is 4.79 Å². The Kier molecular flexibility index (Phi) is 6.14. The zero-order valence-electron chi connectivity index (χ0n) is 14.8. The first-order valence-electron chi connectivity index (χ1n) is 8.84. The molecule has 1 amide bonds. The molecule has 26 heavy (non-hydrogen) atoms. The van der Waals surface area contributed by atoms with E-state index < -0.39 is 0 Å². The second-order valence-electron chi connectivity index (χ2n) is 5.93. The van der Waals surface area contributed by atoms with Crippen LogP contribution < -0.4 is 20.7 Å². The Bertz CT molecular complexity index is 718. The second kappa shape index (κ2) is 8.94. The van der Waals surface area contributed by atoms with Gasteiger partial charge in [0.05, 0.1) is 12.8 Å². The molecule has 0 saturated carbocycles. The van der Waals surface area contributed by atoms with E-state index in [2.05, 4.69) is 27.0 Å². The minimum Gasteiger partial charge on any atom is -0.488 e. The average molecular weight is 356 g/mol. The van der Waals surface area contributed by atoms with E-state index in [1.165, 1.54) is 11.8 Å². The van der Waals surface area contributed by atoms with Crippen LogP contribution in [0.2, 0.25) is 0 Å². The van der Waals surface area contributed by atoms with Crippen LogP contribution in [0.3, 0.4) is 0 Å². The smallest absolute Gasteiger partial charge is 0.287 e. The molecule has 1 aliphatic heterocycles. The molecular weight excluding hydrogens is 332 g/mol. The molecule has 1 aromatic heterocycles. The summed E-state index contributed by atoms with van der Waals surface area (Å²) in [5.41, 5.74) is 1.23. The standard InChI is InChI=1S/C19H24N4O3/c1-2-20-19(22-10-9-21-18(24)17-8-5-11-25-17)23-13-15-12-14-6-3-4-7-16(14)26-15/h3-8,11,15H,2,9-10,12-13H2,1H3,(H,21,24)(H2,20,22,23). The highest BCUT2D eigenvalue weighted by Gasteiger charge is 2.21. The fourth-order valence-electron chi connectivity index (χ4n) is 2.74. The van der Waals surface area contributed by atoms with E-state index in [1.807, 2.05) is 25.1 Å². The number of guanidine groups is 1. The van der Waals surface area contributed by atoms with Crippen molar-refractivity contribution in [2.75, 3.05) is 26.2 Å². The normalized spacial score (nSPS) is 15.9. The van der Waals surface area contributed by atoms with E-state index in [0.717, 1.165) is 18.7 Å². The number of amides is 1. The van der Waals surface area contributed by atoms with Crippen LogP contribution in [0.25, 0.3) is 0 Å². The van der Waals surface area contributed by atoms with Crippen molar-refractivity contribution in [2.24, 2.45) is 4.99 Å². The van der Waals surface area contributed by atoms with Gasteiger partial charge >= 0.3 is 0 Å². The molecule has 1 aliphatic rings. The summed E-state index contributed by atoms with van der Waals surface area (Å²) in [4.78, 5) is 16.4. The van der Waals surface area contributed by atoms with Crippen LogP contribution in [-0.2, 0) is 6.42 Å². The third-order valence-electron chi connectivity index (χ3n) is 3.96. The van der Waals surface area contributed by atoms with Crippen LogP contribution in [0.1, 0.15) is 23.0 Å². The zero-order chi connectivity index (χ0) is 18.2. The molecule has 2 heterocycles. The van der Waals surface area contributed by atoms with Gasteiger partial charge in [-0.1, -0.05) is 18.2 Å². The quantitative estimate of drug-likeness (QED) is 0.398. The number of carbonyl (C=O) groups excluding carboxylic acids is 1. The lowest BCUT2D eigenvalue weighted by Crippen LogP contribution is -2.42. The molecule has 1 unspecified atom stereocenters. The van der Waals surface area contributed by atoms with Crippen LogP contribution in [0, 0.1) is 0 Å². The van der Waals surface area contributed by atoms with Gasteiger partial charge in [0.25, 0.3) is 5.91 Å². The Morgan fingerprint density at radius 1 is 1.15 bits per heavy atom. The van der Waals surface area contributed by atoms with Crippen molar-refractivity contribution in [3.05, 3.63) is 54.0 Å². The first kappa shape index (κ1) is 17.8. The molecule has 1 atom stereocenters. The van der Waals surface area contributed by atoms with Crippen LogP contribution in [0.5, 0.6) is 5.75 Å². The van der Waals surface area contributed by atoms with Gasteiger partial charge in [0.2, 0.25) is 0 Å². The summed E-state index contributed by atoms with van der Waals surface area (Å²) in [6, 6.07) is 11.4. The molecule has 0 bridgehead atoms. The van der Waals surface area contributed by atoms with Crippen molar-refractivity contribution in [3.8, 4) is 5.75 Å². The van der Waals surface area contributed by atoms with Crippen LogP contribution >= 0.6 is 0 Å². The van der Waals surface area contributed by atoms with Gasteiger partial charge in [0, 0.05) is 26.1 Å². The minimum absolute atomic E-state index is 0.0570. The van der Waals surface area contributed by atoms with E-state index in [0.29, 0.717) is 31.4 Å². The summed E-state index contributed by atoms with van der Waals surface area (Å²) in [5.74, 6) is 1.74. The predicted molar refractivity (Wildman–Crippen MR) is 99.6 cm³/mol. The van der Waals surface area contributed by atoms with Crippen molar-refractivity contribution >= 4 is 11.9 Å². The van der Waals surface area contributed by atoms with E-state index in [9.17, 15) is 4.79 Å². The van der Waals surface area contributed by atoms with Crippen LogP contribution in [-0.4, -0.2) is 44.1 Å². The van der Waals surface area contributed by atoms with E-state index in [1.54, 1.807) is 12.1 Å². The topological polar surface area (TPSA) is 87.9 Å². The number of benzene rings is 1. The minimum atomic E-state index is -0.226. The zero-order valence-corrected chi connectivity index (χ0v) is 14.8. The lowest BCUT2D eigenvalue weighted by molar-refractivity contribution is 0.0926. The first-order valence-corrected chi connectivity index (χ1v) is 8.84. The van der Waals surface area contributed by atoms with E-state index in [-0.39, 0.29) is 12.0 Å². The largest absolute Gasteiger partial charge is 0.488 e. The fraction of sp³-hybridized carbons (Fsp3) is 0.368. The molecule has 3 N–H and O–H groups in total. The number of furan rings is 1. The summed E-state index contributed by atoms with van der Waals surface area (Å²) in [5, 5.41) is 9.19. The van der Waals surface area contributed by atoms with E-state index in [4.69, 9.17) is 9.15 Å². The monoisotopic (exact) mass is 356 g/mol. The predicted octanol–water partition coefficient (Wildman–Crippen LogP) is 1.57. The molecule has 0 radical (unpaired) electrons. The van der Waals surface area contributed by atoms with Crippen LogP contribution in [0.4, 0.5) is 0 Å². The number of rotatable bonds is 7. The fourth-order valence-corrected chi connectivity index (χ4v) is 2.74. The van der Waals surface area contributed by atoms with Crippen molar-refractivity contribution in [2.45, 2.75) is 19.4 Å². The third-order valence-corrected chi connectivity index (χ3v) is 3.96. The van der Waals surface area contributed by atoms with Gasteiger partial charge in [-0.05, 0) is 30.7 Å². The molecule has 0 spiro atoms. The number of nitrogens with one attached hydrogen (secondary N) is 3. The Morgan fingerprint density at radius 3 is 2.77 bits per heavy atom. The maximum absolute atomic E-state index is 11.8. The summed E-state index contributed by atoms with van der Waals surface area (Å²) in [6.07, 6.45) is 2.41. The summed E-state index contributed by atoms with van der Waals surface area (Å²) in [7, 11) is 0. The highest BCUT2D eigenvalue weighted by Crippen LogP contribution is 2.28. The number of para-hydroxylation sites is 1. The van der Waals surface area contributed by atoms with Crippen LogP contribution in [0.15, 0.2) is 52.1 Å². The maximum Gasteiger partial charge on any atom is 0.287 e. The number of hydrogen-bond donors (Lipinski definition) is 3. The van der Waals surface area contributed by atoms with Gasteiger partial charge < -0.3 is 25.1 Å². The molecule has 1 aromatic carbocycles.